The van der Waals surface area contributed by atoms with Crippen molar-refractivity contribution in [2.24, 2.45) is 0 Å². The third kappa shape index (κ3) is 4.03. The van der Waals surface area contributed by atoms with E-state index in [0.29, 0.717) is 0 Å². The molecule has 4 heteroatoms. The van der Waals surface area contributed by atoms with E-state index in [1.165, 1.54) is 11.3 Å². The van der Waals surface area contributed by atoms with Crippen molar-refractivity contribution in [1.82, 2.24) is 15.5 Å². The Hall–Kier alpha value is -1.42. The van der Waals surface area contributed by atoms with Crippen LogP contribution in [0.3, 0.4) is 0 Å². The highest BCUT2D eigenvalue weighted by molar-refractivity contribution is 5.29. The molecule has 0 radical (unpaired) electrons. The van der Waals surface area contributed by atoms with Crippen molar-refractivity contribution < 1.29 is 4.74 Å². The van der Waals surface area contributed by atoms with E-state index in [4.69, 9.17) is 4.74 Å². The molecular formula is C17H31N3O. The average Bonchev–Trinajstić information content (AvgIpc) is 2.90. The van der Waals surface area contributed by atoms with Gasteiger partial charge in [0.15, 0.2) is 0 Å². The fourth-order valence-electron chi connectivity index (χ4n) is 2.49. The Morgan fingerprint density at radius 3 is 2.43 bits per heavy atom. The Labute approximate surface area is 129 Å². The van der Waals surface area contributed by atoms with Crippen LogP contribution in [0.4, 0.5) is 0 Å². The van der Waals surface area contributed by atoms with Crippen LogP contribution in [0, 0.1) is 0 Å². The van der Waals surface area contributed by atoms with Crippen LogP contribution in [0.15, 0.2) is 34.9 Å². The molecule has 0 aromatic heterocycles. The smallest absolute Gasteiger partial charge is 0.212 e. The Bertz CT molecular complexity index is 424. The number of dihydropyridines is 1. The van der Waals surface area contributed by atoms with Gasteiger partial charge < -0.3 is 20.3 Å². The topological polar surface area (TPSA) is 36.5 Å². The molecule has 120 valence electrons. The van der Waals surface area contributed by atoms with Gasteiger partial charge in [0.25, 0.3) is 0 Å². The van der Waals surface area contributed by atoms with Gasteiger partial charge in [0.1, 0.15) is 5.76 Å². The number of hydrogen-bond donors (Lipinski definition) is 2. The standard InChI is InChI=1S/C13H19N3O.2C2H6/c1-9-3-4-10(15-7-9)13-16(2)11-8-14-6-5-12(11)17-13;2*1-2/h3-4,13-15H,5-8H2,1-2H3;2*1-2H3. The van der Waals surface area contributed by atoms with Crippen LogP contribution in [0.25, 0.3) is 0 Å². The number of nitrogens with one attached hydrogen (secondary N) is 2. The molecule has 0 aromatic carbocycles. The second-order valence-corrected chi connectivity index (χ2v) is 4.87. The van der Waals surface area contributed by atoms with E-state index in [1.54, 1.807) is 0 Å². The lowest BCUT2D eigenvalue weighted by Gasteiger charge is -2.27. The van der Waals surface area contributed by atoms with Crippen LogP contribution in [0.1, 0.15) is 41.0 Å². The van der Waals surface area contributed by atoms with Gasteiger partial charge in [0.05, 0.1) is 11.4 Å². The van der Waals surface area contributed by atoms with Crippen molar-refractivity contribution in [1.29, 1.82) is 0 Å². The first-order valence-corrected chi connectivity index (χ1v) is 8.19. The SMILES string of the molecule is CC.CC.CC1=CC=C(C2OC3=C(CNCC3)N2C)NC1. The van der Waals surface area contributed by atoms with Crippen molar-refractivity contribution in [3.8, 4) is 0 Å². The maximum absolute atomic E-state index is 6.06. The fourth-order valence-corrected chi connectivity index (χ4v) is 2.49. The Morgan fingerprint density at radius 1 is 1.14 bits per heavy atom. The summed E-state index contributed by atoms with van der Waals surface area (Å²) in [5.41, 5.74) is 3.82. The summed E-state index contributed by atoms with van der Waals surface area (Å²) >= 11 is 0. The quantitative estimate of drug-likeness (QED) is 0.779. The zero-order valence-corrected chi connectivity index (χ0v) is 14.4. The monoisotopic (exact) mass is 293 g/mol. The van der Waals surface area contributed by atoms with E-state index in [0.717, 1.165) is 37.5 Å². The Kier molecular flexibility index (Phi) is 7.37. The first-order valence-electron chi connectivity index (χ1n) is 8.19. The minimum Gasteiger partial charge on any atom is -0.467 e. The van der Waals surface area contributed by atoms with Crippen LogP contribution in [0.2, 0.25) is 0 Å². The van der Waals surface area contributed by atoms with Gasteiger partial charge in [-0.2, -0.15) is 0 Å². The van der Waals surface area contributed by atoms with Gasteiger partial charge in [-0.25, -0.2) is 0 Å². The maximum Gasteiger partial charge on any atom is 0.212 e. The van der Waals surface area contributed by atoms with Crippen molar-refractivity contribution >= 4 is 0 Å². The van der Waals surface area contributed by atoms with Crippen molar-refractivity contribution in [3.05, 3.63) is 34.9 Å². The van der Waals surface area contributed by atoms with Gasteiger partial charge in [-0.15, -0.1) is 0 Å². The van der Waals surface area contributed by atoms with E-state index in [-0.39, 0.29) is 6.23 Å². The van der Waals surface area contributed by atoms with Crippen LogP contribution < -0.4 is 10.6 Å². The number of ether oxygens (including phenoxy) is 1. The lowest BCUT2D eigenvalue weighted by molar-refractivity contribution is 0.0781. The highest BCUT2D eigenvalue weighted by Crippen LogP contribution is 2.31. The minimum absolute atomic E-state index is 0.0317. The first kappa shape index (κ1) is 17.6. The highest BCUT2D eigenvalue weighted by Gasteiger charge is 2.34. The largest absolute Gasteiger partial charge is 0.467 e. The second-order valence-electron chi connectivity index (χ2n) is 4.87. The molecule has 0 amide bonds. The molecule has 3 rings (SSSR count). The zero-order chi connectivity index (χ0) is 15.8. The molecule has 0 fully saturated rings. The van der Waals surface area contributed by atoms with Gasteiger partial charge in [-0.05, 0) is 13.0 Å². The summed E-state index contributed by atoms with van der Waals surface area (Å²) in [5, 5.41) is 6.82. The van der Waals surface area contributed by atoms with Crippen molar-refractivity contribution in [3.63, 3.8) is 0 Å². The van der Waals surface area contributed by atoms with Gasteiger partial charge in [-0.1, -0.05) is 39.3 Å². The van der Waals surface area contributed by atoms with Crippen molar-refractivity contribution in [2.45, 2.75) is 47.3 Å². The van der Waals surface area contributed by atoms with Gasteiger partial charge in [0.2, 0.25) is 6.23 Å². The molecule has 0 saturated heterocycles. The summed E-state index contributed by atoms with van der Waals surface area (Å²) in [6.07, 6.45) is 5.33. The third-order valence-corrected chi connectivity index (χ3v) is 3.56. The van der Waals surface area contributed by atoms with Gasteiger partial charge in [-0.3, -0.25) is 0 Å². The molecule has 21 heavy (non-hydrogen) atoms. The van der Waals surface area contributed by atoms with Gasteiger partial charge in [0, 0.05) is 33.1 Å². The number of allylic oxidation sites excluding steroid dienone is 2. The van der Waals surface area contributed by atoms with Crippen LogP contribution in [0.5, 0.6) is 0 Å². The van der Waals surface area contributed by atoms with E-state index in [1.807, 2.05) is 27.7 Å². The number of hydrogen-bond acceptors (Lipinski definition) is 4. The molecule has 0 saturated carbocycles. The second kappa shape index (κ2) is 8.78. The average molecular weight is 293 g/mol. The molecule has 0 spiro atoms. The molecular weight excluding hydrogens is 262 g/mol. The number of likely N-dealkylation sites (N-methyl/N-ethyl adjacent to an activating group) is 1. The van der Waals surface area contributed by atoms with E-state index < -0.39 is 0 Å². The Morgan fingerprint density at radius 2 is 1.86 bits per heavy atom. The van der Waals surface area contributed by atoms with Gasteiger partial charge >= 0.3 is 0 Å². The fraction of sp³-hybridized carbons (Fsp3) is 0.647. The molecule has 0 bridgehead atoms. The zero-order valence-electron chi connectivity index (χ0n) is 14.4. The van der Waals surface area contributed by atoms with Crippen molar-refractivity contribution in [2.75, 3.05) is 26.7 Å². The normalized spacial score (nSPS) is 23.3. The highest BCUT2D eigenvalue weighted by atomic mass is 16.5. The van der Waals surface area contributed by atoms with Crippen LogP contribution >= 0.6 is 0 Å². The molecule has 0 aromatic rings. The van der Waals surface area contributed by atoms with Crippen LogP contribution in [-0.2, 0) is 4.74 Å². The summed E-state index contributed by atoms with van der Waals surface area (Å²) in [6, 6.07) is 0. The first-order chi connectivity index (χ1) is 10.3. The molecule has 0 aliphatic carbocycles. The molecule has 4 nitrogen and oxygen atoms in total. The summed E-state index contributed by atoms with van der Waals surface area (Å²) in [7, 11) is 2.10. The third-order valence-electron chi connectivity index (χ3n) is 3.56. The summed E-state index contributed by atoms with van der Waals surface area (Å²) in [6.45, 7) is 13.0. The number of nitrogens with zero attached hydrogens (tertiary/aromatic N) is 1. The Balaban J connectivity index is 0.000000510. The summed E-state index contributed by atoms with van der Waals surface area (Å²) in [4.78, 5) is 2.23. The molecule has 2 N–H and O–H groups in total. The molecule has 3 aliphatic rings. The van der Waals surface area contributed by atoms with Crippen LogP contribution in [-0.4, -0.2) is 37.8 Å². The minimum atomic E-state index is 0.0317. The lowest BCUT2D eigenvalue weighted by Crippen LogP contribution is -2.38. The predicted molar refractivity (Wildman–Crippen MR) is 89.7 cm³/mol. The molecule has 1 unspecified atom stereocenters. The summed E-state index contributed by atoms with van der Waals surface area (Å²) in [5.74, 6) is 1.16. The van der Waals surface area contributed by atoms with E-state index in [9.17, 15) is 0 Å². The molecule has 1 atom stereocenters. The summed E-state index contributed by atoms with van der Waals surface area (Å²) < 4.78 is 6.06. The lowest BCUT2D eigenvalue weighted by atomic mass is 10.1. The predicted octanol–water partition coefficient (Wildman–Crippen LogP) is 2.97. The van der Waals surface area contributed by atoms with E-state index in [2.05, 4.69) is 41.7 Å². The van der Waals surface area contributed by atoms with E-state index >= 15 is 0 Å². The molecule has 3 aliphatic heterocycles. The molecule has 3 heterocycles. The number of rotatable bonds is 1. The maximum atomic E-state index is 6.06.